The maximum Gasteiger partial charge on any atom is 0.345 e. The summed E-state index contributed by atoms with van der Waals surface area (Å²) in [6.07, 6.45) is 4.37. The predicted molar refractivity (Wildman–Crippen MR) is 67.6 cm³/mol. The number of rotatable bonds is 9. The van der Waals surface area contributed by atoms with Crippen LogP contribution in [0, 0.1) is 10.1 Å². The highest BCUT2D eigenvalue weighted by Crippen LogP contribution is 2.24. The van der Waals surface area contributed by atoms with E-state index < -0.39 is 4.92 Å². The zero-order chi connectivity index (χ0) is 12.5. The molecule has 0 aliphatic heterocycles. The van der Waals surface area contributed by atoms with Crippen LogP contribution in [0.25, 0.3) is 0 Å². The van der Waals surface area contributed by atoms with Crippen molar-refractivity contribution >= 4 is 21.5 Å². The molecule has 0 radical (unpaired) electrons. The van der Waals surface area contributed by atoms with Gasteiger partial charge >= 0.3 is 5.00 Å². The van der Waals surface area contributed by atoms with Gasteiger partial charge in [-0.15, -0.1) is 0 Å². The number of ether oxygens (including phenoxy) is 1. The maximum absolute atomic E-state index is 10.4. The number of unbranched alkanes of at least 4 members (excludes halogenated alkanes) is 1. The molecule has 1 heterocycles. The van der Waals surface area contributed by atoms with Crippen molar-refractivity contribution in [2.24, 2.45) is 0 Å². The van der Waals surface area contributed by atoms with Crippen LogP contribution >= 0.6 is 11.3 Å². The summed E-state index contributed by atoms with van der Waals surface area (Å²) in [4.78, 5) is 13.9. The SMILES string of the molecule is CCCCOCCCNc1ncc([N+](=O)[O-])s1. The number of nitro groups is 1. The molecule has 0 bridgehead atoms. The molecule has 1 aromatic heterocycles. The fourth-order valence-corrected chi connectivity index (χ4v) is 1.81. The molecule has 6 nitrogen and oxygen atoms in total. The second kappa shape index (κ2) is 7.97. The van der Waals surface area contributed by atoms with E-state index in [2.05, 4.69) is 17.2 Å². The second-order valence-electron chi connectivity index (χ2n) is 3.51. The van der Waals surface area contributed by atoms with Gasteiger partial charge in [0, 0.05) is 19.8 Å². The third-order valence-electron chi connectivity index (χ3n) is 2.06. The topological polar surface area (TPSA) is 77.3 Å². The number of anilines is 1. The summed E-state index contributed by atoms with van der Waals surface area (Å²) < 4.78 is 5.39. The Balaban J connectivity index is 2.07. The van der Waals surface area contributed by atoms with Gasteiger partial charge in [-0.25, -0.2) is 4.98 Å². The standard InChI is InChI=1S/C10H17N3O3S/c1-2-3-6-16-7-4-5-11-10-12-8-9(17-10)13(14)15/h8H,2-7H2,1H3,(H,11,12). The molecule has 0 aliphatic rings. The van der Waals surface area contributed by atoms with Gasteiger partial charge in [0.05, 0.1) is 4.92 Å². The first kappa shape index (κ1) is 13.9. The van der Waals surface area contributed by atoms with Gasteiger partial charge in [0.25, 0.3) is 0 Å². The summed E-state index contributed by atoms with van der Waals surface area (Å²) in [5, 5.41) is 14.1. The number of hydrogen-bond donors (Lipinski definition) is 1. The molecule has 0 aliphatic carbocycles. The minimum atomic E-state index is -0.434. The lowest BCUT2D eigenvalue weighted by Gasteiger charge is -2.03. The lowest BCUT2D eigenvalue weighted by molar-refractivity contribution is -0.380. The third kappa shape index (κ3) is 5.60. The Morgan fingerprint density at radius 2 is 2.29 bits per heavy atom. The van der Waals surface area contributed by atoms with E-state index in [0.717, 1.165) is 43.8 Å². The smallest absolute Gasteiger partial charge is 0.345 e. The molecule has 1 N–H and O–H groups in total. The highest BCUT2D eigenvalue weighted by molar-refractivity contribution is 7.18. The number of aromatic nitrogens is 1. The van der Waals surface area contributed by atoms with Gasteiger partial charge in [-0.1, -0.05) is 13.3 Å². The molecule has 0 saturated carbocycles. The summed E-state index contributed by atoms with van der Waals surface area (Å²) in [7, 11) is 0. The van der Waals surface area contributed by atoms with E-state index in [1.54, 1.807) is 0 Å². The highest BCUT2D eigenvalue weighted by atomic mass is 32.1. The number of nitrogens with zero attached hydrogens (tertiary/aromatic N) is 2. The molecule has 0 atom stereocenters. The van der Waals surface area contributed by atoms with Gasteiger partial charge in [-0.3, -0.25) is 10.1 Å². The molecule has 0 amide bonds. The first-order valence-electron chi connectivity index (χ1n) is 5.66. The van der Waals surface area contributed by atoms with Crippen LogP contribution in [0.15, 0.2) is 6.20 Å². The van der Waals surface area contributed by atoms with E-state index in [4.69, 9.17) is 4.74 Å². The molecule has 0 spiro atoms. The Kier molecular flexibility index (Phi) is 6.49. The zero-order valence-electron chi connectivity index (χ0n) is 9.85. The summed E-state index contributed by atoms with van der Waals surface area (Å²) in [5.74, 6) is 0. The van der Waals surface area contributed by atoms with Crippen LogP contribution in [0.4, 0.5) is 10.1 Å². The van der Waals surface area contributed by atoms with Crippen molar-refractivity contribution in [3.63, 3.8) is 0 Å². The van der Waals surface area contributed by atoms with Gasteiger partial charge < -0.3 is 10.1 Å². The summed E-state index contributed by atoms with van der Waals surface area (Å²) in [5.41, 5.74) is 0. The second-order valence-corrected chi connectivity index (χ2v) is 4.52. The van der Waals surface area contributed by atoms with Crippen molar-refractivity contribution < 1.29 is 9.66 Å². The molecule has 1 aromatic rings. The van der Waals surface area contributed by atoms with Crippen molar-refractivity contribution in [2.75, 3.05) is 25.1 Å². The van der Waals surface area contributed by atoms with Crippen LogP contribution in [0.1, 0.15) is 26.2 Å². The fourth-order valence-electron chi connectivity index (χ4n) is 1.15. The molecule has 96 valence electrons. The lowest BCUT2D eigenvalue weighted by atomic mass is 10.4. The Bertz CT molecular complexity index is 343. The Morgan fingerprint density at radius 1 is 1.53 bits per heavy atom. The number of nitrogens with one attached hydrogen (secondary N) is 1. The van der Waals surface area contributed by atoms with E-state index in [-0.39, 0.29) is 5.00 Å². The number of hydrogen-bond acceptors (Lipinski definition) is 6. The van der Waals surface area contributed by atoms with Gasteiger partial charge in [0.15, 0.2) is 5.13 Å². The van der Waals surface area contributed by atoms with Gasteiger partial charge in [0.2, 0.25) is 0 Å². The predicted octanol–water partition coefficient (Wildman–Crippen LogP) is 2.67. The summed E-state index contributed by atoms with van der Waals surface area (Å²) in [6.45, 7) is 4.36. The Morgan fingerprint density at radius 3 is 2.94 bits per heavy atom. The van der Waals surface area contributed by atoms with Crippen molar-refractivity contribution in [1.29, 1.82) is 0 Å². The van der Waals surface area contributed by atoms with Crippen LogP contribution < -0.4 is 5.32 Å². The van der Waals surface area contributed by atoms with E-state index in [1.165, 1.54) is 6.20 Å². The normalized spacial score (nSPS) is 10.4. The monoisotopic (exact) mass is 259 g/mol. The van der Waals surface area contributed by atoms with E-state index >= 15 is 0 Å². The minimum absolute atomic E-state index is 0.0618. The first-order chi connectivity index (χ1) is 8.24. The number of thiazole rings is 1. The summed E-state index contributed by atoms with van der Waals surface area (Å²) >= 11 is 1.05. The molecule has 1 rings (SSSR count). The van der Waals surface area contributed by atoms with Crippen LogP contribution in [0.3, 0.4) is 0 Å². The molecule has 0 saturated heterocycles. The van der Waals surface area contributed by atoms with Crippen molar-refractivity contribution in [1.82, 2.24) is 4.98 Å². The van der Waals surface area contributed by atoms with Gasteiger partial charge in [0.1, 0.15) is 6.20 Å². The molecule has 0 unspecified atom stereocenters. The molecular formula is C10H17N3O3S. The van der Waals surface area contributed by atoms with E-state index in [0.29, 0.717) is 11.7 Å². The molecular weight excluding hydrogens is 242 g/mol. The lowest BCUT2D eigenvalue weighted by Crippen LogP contribution is -2.05. The fraction of sp³-hybridized carbons (Fsp3) is 0.700. The van der Waals surface area contributed by atoms with Gasteiger partial charge in [-0.05, 0) is 24.2 Å². The highest BCUT2D eigenvalue weighted by Gasteiger charge is 2.10. The van der Waals surface area contributed by atoms with E-state index in [9.17, 15) is 10.1 Å². The quantitative estimate of drug-likeness (QED) is 0.419. The van der Waals surface area contributed by atoms with Crippen molar-refractivity contribution in [3.8, 4) is 0 Å². The average Bonchev–Trinajstić information content (AvgIpc) is 2.77. The van der Waals surface area contributed by atoms with Crippen LogP contribution in [0.2, 0.25) is 0 Å². The largest absolute Gasteiger partial charge is 0.381 e. The van der Waals surface area contributed by atoms with Crippen LogP contribution in [-0.2, 0) is 4.74 Å². The Labute approximate surface area is 104 Å². The summed E-state index contributed by atoms with van der Waals surface area (Å²) in [6, 6.07) is 0. The Hall–Kier alpha value is -1.21. The maximum atomic E-state index is 10.4. The molecule has 7 heteroatoms. The van der Waals surface area contributed by atoms with Crippen LogP contribution in [0.5, 0.6) is 0 Å². The van der Waals surface area contributed by atoms with Crippen LogP contribution in [-0.4, -0.2) is 29.7 Å². The van der Waals surface area contributed by atoms with Gasteiger partial charge in [-0.2, -0.15) is 0 Å². The first-order valence-corrected chi connectivity index (χ1v) is 6.47. The average molecular weight is 259 g/mol. The zero-order valence-corrected chi connectivity index (χ0v) is 10.7. The molecule has 17 heavy (non-hydrogen) atoms. The van der Waals surface area contributed by atoms with Crippen molar-refractivity contribution in [3.05, 3.63) is 16.3 Å². The minimum Gasteiger partial charge on any atom is -0.381 e. The van der Waals surface area contributed by atoms with Crippen molar-refractivity contribution in [2.45, 2.75) is 26.2 Å². The molecule has 0 fully saturated rings. The molecule has 0 aromatic carbocycles. The third-order valence-corrected chi connectivity index (χ3v) is 2.96. The van der Waals surface area contributed by atoms with E-state index in [1.807, 2.05) is 0 Å².